The molecule has 1 atom stereocenters. The first kappa shape index (κ1) is 24.6. The number of nitrogens with one attached hydrogen (secondary N) is 2. The van der Waals surface area contributed by atoms with E-state index in [9.17, 15) is 8.42 Å². The summed E-state index contributed by atoms with van der Waals surface area (Å²) >= 11 is 0. The van der Waals surface area contributed by atoms with Gasteiger partial charge in [-0.05, 0) is 12.8 Å². The van der Waals surface area contributed by atoms with Gasteiger partial charge in [0, 0.05) is 62.9 Å². The van der Waals surface area contributed by atoms with Gasteiger partial charge in [0.2, 0.25) is 0 Å². The van der Waals surface area contributed by atoms with E-state index in [0.717, 1.165) is 36.7 Å². The van der Waals surface area contributed by atoms with Crippen LogP contribution in [0.2, 0.25) is 0 Å². The first-order valence-electron chi connectivity index (χ1n) is 8.97. The predicted molar refractivity (Wildman–Crippen MR) is 124 cm³/mol. The zero-order valence-electron chi connectivity index (χ0n) is 16.9. The third-order valence-electron chi connectivity index (χ3n) is 4.44. The van der Waals surface area contributed by atoms with Crippen molar-refractivity contribution in [3.63, 3.8) is 0 Å². The lowest BCUT2D eigenvalue weighted by Gasteiger charge is -2.21. The molecule has 0 saturated carbocycles. The Labute approximate surface area is 185 Å². The van der Waals surface area contributed by atoms with Gasteiger partial charge in [-0.25, -0.2) is 8.42 Å². The normalized spacial score (nSPS) is 17.1. The standard InChI is InChI=1S/C18H30N4O4S.HI/c1-19-18(20-7-5-9-27(4,23)24)21-14-6-8-22(13-14)15-10-16(25-2)12-17(11-15)26-3;/h10-12,14H,5-9,13H2,1-4H3,(H2,19,20,21);1H. The van der Waals surface area contributed by atoms with Crippen molar-refractivity contribution < 1.29 is 17.9 Å². The highest BCUT2D eigenvalue weighted by Crippen LogP contribution is 2.30. The zero-order valence-corrected chi connectivity index (χ0v) is 20.0. The van der Waals surface area contributed by atoms with Crippen LogP contribution in [0.5, 0.6) is 11.5 Å². The molecule has 0 aliphatic carbocycles. The van der Waals surface area contributed by atoms with Crippen LogP contribution in [0.1, 0.15) is 12.8 Å². The van der Waals surface area contributed by atoms with Gasteiger partial charge in [-0.3, -0.25) is 4.99 Å². The second kappa shape index (κ2) is 11.5. The number of benzene rings is 1. The Morgan fingerprint density at radius 2 is 1.89 bits per heavy atom. The Morgan fingerprint density at radius 3 is 2.43 bits per heavy atom. The largest absolute Gasteiger partial charge is 0.497 e. The third kappa shape index (κ3) is 7.90. The molecular formula is C18H31IN4O4S. The van der Waals surface area contributed by atoms with E-state index in [2.05, 4.69) is 20.5 Å². The molecule has 8 nitrogen and oxygen atoms in total. The summed E-state index contributed by atoms with van der Waals surface area (Å²) in [5, 5.41) is 6.58. The van der Waals surface area contributed by atoms with E-state index in [1.54, 1.807) is 21.3 Å². The average Bonchev–Trinajstić information content (AvgIpc) is 3.11. The van der Waals surface area contributed by atoms with Gasteiger partial charge >= 0.3 is 0 Å². The van der Waals surface area contributed by atoms with Crippen molar-refractivity contribution in [2.45, 2.75) is 18.9 Å². The van der Waals surface area contributed by atoms with E-state index in [1.807, 2.05) is 18.2 Å². The van der Waals surface area contributed by atoms with Crippen molar-refractivity contribution in [1.82, 2.24) is 10.6 Å². The lowest BCUT2D eigenvalue weighted by Crippen LogP contribution is -2.45. The SMILES string of the molecule is CN=C(NCCCS(C)(=O)=O)NC1CCN(c2cc(OC)cc(OC)c2)C1.I. The minimum atomic E-state index is -2.93. The lowest BCUT2D eigenvalue weighted by atomic mass is 10.2. The molecule has 0 spiro atoms. The first-order valence-corrected chi connectivity index (χ1v) is 11.0. The Bertz CT molecular complexity index is 736. The molecule has 10 heteroatoms. The minimum absolute atomic E-state index is 0. The summed E-state index contributed by atoms with van der Waals surface area (Å²) in [7, 11) is 2.08. The number of aliphatic imine (C=N–C) groups is 1. The van der Waals surface area contributed by atoms with Crippen molar-refractivity contribution in [2.24, 2.45) is 4.99 Å². The Hall–Kier alpha value is -1.43. The number of sulfone groups is 1. The number of nitrogens with zero attached hydrogens (tertiary/aromatic N) is 2. The molecule has 2 N–H and O–H groups in total. The molecule has 2 rings (SSSR count). The van der Waals surface area contributed by atoms with E-state index in [0.29, 0.717) is 18.9 Å². The summed E-state index contributed by atoms with van der Waals surface area (Å²) in [4.78, 5) is 6.50. The number of halogens is 1. The number of hydrogen-bond acceptors (Lipinski definition) is 6. The number of rotatable bonds is 8. The van der Waals surface area contributed by atoms with E-state index in [1.165, 1.54) is 6.26 Å². The maximum absolute atomic E-state index is 11.2. The molecule has 1 aliphatic rings. The number of methoxy groups -OCH3 is 2. The number of anilines is 1. The van der Waals surface area contributed by atoms with Gasteiger partial charge in [0.1, 0.15) is 21.3 Å². The molecule has 1 heterocycles. The summed E-state index contributed by atoms with van der Waals surface area (Å²) in [6.07, 6.45) is 2.78. The maximum Gasteiger partial charge on any atom is 0.191 e. The van der Waals surface area contributed by atoms with Crippen molar-refractivity contribution >= 4 is 45.5 Å². The minimum Gasteiger partial charge on any atom is -0.497 e. The summed E-state index contributed by atoms with van der Waals surface area (Å²) < 4.78 is 33.1. The lowest BCUT2D eigenvalue weighted by molar-refractivity contribution is 0.394. The molecule has 1 fully saturated rings. The quantitative estimate of drug-likeness (QED) is 0.230. The Morgan fingerprint density at radius 1 is 1.25 bits per heavy atom. The molecule has 1 aromatic rings. The number of ether oxygens (including phenoxy) is 2. The fourth-order valence-corrected chi connectivity index (χ4v) is 3.69. The molecule has 1 unspecified atom stereocenters. The molecule has 160 valence electrons. The van der Waals surface area contributed by atoms with Crippen LogP contribution >= 0.6 is 24.0 Å². The van der Waals surface area contributed by atoms with Gasteiger partial charge < -0.3 is 25.0 Å². The topological polar surface area (TPSA) is 92.3 Å². The van der Waals surface area contributed by atoms with Crippen molar-refractivity contribution in [3.8, 4) is 11.5 Å². The highest BCUT2D eigenvalue weighted by molar-refractivity contribution is 14.0. The maximum atomic E-state index is 11.2. The Balaban J connectivity index is 0.00000392. The van der Waals surface area contributed by atoms with Gasteiger partial charge in [-0.2, -0.15) is 0 Å². The molecule has 0 aromatic heterocycles. The van der Waals surface area contributed by atoms with Gasteiger partial charge in [0.15, 0.2) is 5.96 Å². The van der Waals surface area contributed by atoms with E-state index in [-0.39, 0.29) is 35.8 Å². The van der Waals surface area contributed by atoms with E-state index < -0.39 is 9.84 Å². The van der Waals surface area contributed by atoms with Crippen LogP contribution in [0.25, 0.3) is 0 Å². The van der Waals surface area contributed by atoms with Crippen LogP contribution in [0.3, 0.4) is 0 Å². The van der Waals surface area contributed by atoms with E-state index >= 15 is 0 Å². The molecule has 1 saturated heterocycles. The van der Waals surface area contributed by atoms with Crippen LogP contribution in [-0.2, 0) is 9.84 Å². The monoisotopic (exact) mass is 526 g/mol. The van der Waals surface area contributed by atoms with Gasteiger partial charge in [0.25, 0.3) is 0 Å². The molecular weight excluding hydrogens is 495 g/mol. The van der Waals surface area contributed by atoms with Crippen LogP contribution in [0.15, 0.2) is 23.2 Å². The fraction of sp³-hybridized carbons (Fsp3) is 0.611. The van der Waals surface area contributed by atoms with Gasteiger partial charge in [0.05, 0.1) is 20.0 Å². The summed E-state index contributed by atoms with van der Waals surface area (Å²) in [6, 6.07) is 6.12. The predicted octanol–water partition coefficient (Wildman–Crippen LogP) is 1.50. The van der Waals surface area contributed by atoms with Crippen molar-refractivity contribution in [2.75, 3.05) is 57.8 Å². The smallest absolute Gasteiger partial charge is 0.191 e. The molecule has 28 heavy (non-hydrogen) atoms. The highest BCUT2D eigenvalue weighted by atomic mass is 127. The molecule has 0 bridgehead atoms. The molecule has 0 amide bonds. The van der Waals surface area contributed by atoms with Crippen LogP contribution in [0, 0.1) is 0 Å². The number of hydrogen-bond donors (Lipinski definition) is 2. The van der Waals surface area contributed by atoms with Crippen molar-refractivity contribution in [1.29, 1.82) is 0 Å². The third-order valence-corrected chi connectivity index (χ3v) is 5.47. The fourth-order valence-electron chi connectivity index (χ4n) is 3.02. The molecule has 1 aliphatic heterocycles. The average molecular weight is 526 g/mol. The van der Waals surface area contributed by atoms with Crippen molar-refractivity contribution in [3.05, 3.63) is 18.2 Å². The van der Waals surface area contributed by atoms with Gasteiger partial charge in [-0.1, -0.05) is 0 Å². The second-order valence-corrected chi connectivity index (χ2v) is 8.89. The molecule has 1 aromatic carbocycles. The number of guanidine groups is 1. The van der Waals surface area contributed by atoms with Crippen LogP contribution in [-0.4, -0.2) is 73.3 Å². The summed E-state index contributed by atoms with van der Waals surface area (Å²) in [5.41, 5.74) is 1.06. The zero-order chi connectivity index (χ0) is 19.9. The summed E-state index contributed by atoms with van der Waals surface area (Å²) in [5.74, 6) is 2.40. The van der Waals surface area contributed by atoms with E-state index in [4.69, 9.17) is 9.47 Å². The van der Waals surface area contributed by atoms with Crippen LogP contribution < -0.4 is 25.0 Å². The molecule has 0 radical (unpaired) electrons. The first-order chi connectivity index (χ1) is 12.8. The van der Waals surface area contributed by atoms with Gasteiger partial charge in [-0.15, -0.1) is 24.0 Å². The Kier molecular flexibility index (Phi) is 10.1. The summed E-state index contributed by atoms with van der Waals surface area (Å²) in [6.45, 7) is 2.32. The second-order valence-electron chi connectivity index (χ2n) is 6.63. The highest BCUT2D eigenvalue weighted by Gasteiger charge is 2.24. The van der Waals surface area contributed by atoms with Crippen LogP contribution in [0.4, 0.5) is 5.69 Å².